The van der Waals surface area contributed by atoms with Gasteiger partial charge < -0.3 is 0 Å². The Kier molecular flexibility index (Phi) is 3.17. The zero-order chi connectivity index (χ0) is 12.6. The Morgan fingerprint density at radius 3 is 2.35 bits per heavy atom. The van der Waals surface area contributed by atoms with Crippen LogP contribution in [0.4, 0.5) is 13.2 Å². The minimum Gasteiger partial charge on any atom is -0.295 e. The van der Waals surface area contributed by atoms with E-state index in [0.29, 0.717) is 5.56 Å². The first-order valence-corrected chi connectivity index (χ1v) is 5.74. The lowest BCUT2D eigenvalue weighted by Gasteiger charge is -2.27. The van der Waals surface area contributed by atoms with Gasteiger partial charge in [-0.05, 0) is 50.0 Å². The predicted molar refractivity (Wildman–Crippen MR) is 61.0 cm³/mol. The molecule has 17 heavy (non-hydrogen) atoms. The van der Waals surface area contributed by atoms with Gasteiger partial charge in [0.15, 0.2) is 0 Å². The molecule has 1 atom stereocenters. The molecule has 0 bridgehead atoms. The third-order valence-electron chi connectivity index (χ3n) is 3.26. The Hall–Kier alpha value is -1.03. The van der Waals surface area contributed by atoms with Gasteiger partial charge in [-0.3, -0.25) is 4.90 Å². The number of fused-ring (bicyclic) bond motifs is 1. The number of hydrogen-bond acceptors (Lipinski definition) is 1. The SMILES string of the molecule is CN(C)C(c1ccc2c(c1)CCC2)C(F)(F)F. The quantitative estimate of drug-likeness (QED) is 0.770. The van der Waals surface area contributed by atoms with Crippen LogP contribution in [0.3, 0.4) is 0 Å². The third-order valence-corrected chi connectivity index (χ3v) is 3.26. The van der Waals surface area contributed by atoms with E-state index in [0.717, 1.165) is 24.8 Å². The van der Waals surface area contributed by atoms with Gasteiger partial charge in [-0.15, -0.1) is 0 Å². The molecule has 1 aliphatic carbocycles. The molecule has 1 unspecified atom stereocenters. The molecule has 0 saturated carbocycles. The van der Waals surface area contributed by atoms with Crippen LogP contribution in [0.5, 0.6) is 0 Å². The summed E-state index contributed by atoms with van der Waals surface area (Å²) in [6.45, 7) is 0. The molecular formula is C13H16F3N. The molecule has 0 aliphatic heterocycles. The smallest absolute Gasteiger partial charge is 0.295 e. The molecule has 0 N–H and O–H groups in total. The van der Waals surface area contributed by atoms with Crippen molar-refractivity contribution in [3.05, 3.63) is 34.9 Å². The molecule has 0 fully saturated rings. The maximum absolute atomic E-state index is 13.0. The van der Waals surface area contributed by atoms with Crippen molar-refractivity contribution in [2.24, 2.45) is 0 Å². The summed E-state index contributed by atoms with van der Waals surface area (Å²) in [4.78, 5) is 1.22. The fraction of sp³-hybridized carbons (Fsp3) is 0.538. The number of benzene rings is 1. The number of alkyl halides is 3. The Labute approximate surface area is 99.2 Å². The molecule has 1 aliphatic rings. The molecule has 0 amide bonds. The monoisotopic (exact) mass is 243 g/mol. The summed E-state index contributed by atoms with van der Waals surface area (Å²) >= 11 is 0. The van der Waals surface area contributed by atoms with Crippen LogP contribution < -0.4 is 0 Å². The molecule has 0 heterocycles. The van der Waals surface area contributed by atoms with Crippen molar-refractivity contribution in [3.8, 4) is 0 Å². The highest BCUT2D eigenvalue weighted by atomic mass is 19.4. The molecule has 1 nitrogen and oxygen atoms in total. The summed E-state index contributed by atoms with van der Waals surface area (Å²) < 4.78 is 38.9. The standard InChI is InChI=1S/C13H16F3N/c1-17(2)12(13(14,15)16)11-7-6-9-4-3-5-10(9)8-11/h6-8,12H,3-5H2,1-2H3. The fourth-order valence-corrected chi connectivity index (χ4v) is 2.54. The molecular weight excluding hydrogens is 227 g/mol. The van der Waals surface area contributed by atoms with Crippen molar-refractivity contribution in [2.45, 2.75) is 31.5 Å². The number of rotatable bonds is 2. The zero-order valence-corrected chi connectivity index (χ0v) is 10.0. The van der Waals surface area contributed by atoms with E-state index in [-0.39, 0.29) is 0 Å². The number of hydrogen-bond donors (Lipinski definition) is 0. The summed E-state index contributed by atoms with van der Waals surface area (Å²) in [5, 5.41) is 0. The van der Waals surface area contributed by atoms with Crippen LogP contribution in [0, 0.1) is 0 Å². The van der Waals surface area contributed by atoms with Crippen LogP contribution in [0.2, 0.25) is 0 Å². The first-order chi connectivity index (χ1) is 7.89. The second kappa shape index (κ2) is 4.33. The summed E-state index contributed by atoms with van der Waals surface area (Å²) in [5.74, 6) is 0. The molecule has 0 spiro atoms. The number of aryl methyl sites for hydroxylation is 2. The summed E-state index contributed by atoms with van der Waals surface area (Å²) in [6, 6.07) is 3.68. The van der Waals surface area contributed by atoms with Gasteiger partial charge in [0.2, 0.25) is 0 Å². The second-order valence-corrected chi connectivity index (χ2v) is 4.79. The van der Waals surface area contributed by atoms with E-state index in [4.69, 9.17) is 0 Å². The summed E-state index contributed by atoms with van der Waals surface area (Å²) in [7, 11) is 2.93. The number of halogens is 3. The lowest BCUT2D eigenvalue weighted by molar-refractivity contribution is -0.179. The maximum atomic E-state index is 13.0. The van der Waals surface area contributed by atoms with E-state index in [2.05, 4.69) is 0 Å². The van der Waals surface area contributed by atoms with Crippen LogP contribution in [0.25, 0.3) is 0 Å². The Morgan fingerprint density at radius 1 is 1.12 bits per heavy atom. The largest absolute Gasteiger partial charge is 0.408 e. The lowest BCUT2D eigenvalue weighted by atomic mass is 10.00. The Balaban J connectivity index is 2.37. The number of nitrogens with zero attached hydrogens (tertiary/aromatic N) is 1. The van der Waals surface area contributed by atoms with Gasteiger partial charge >= 0.3 is 6.18 Å². The van der Waals surface area contributed by atoms with E-state index in [1.165, 1.54) is 24.6 Å². The van der Waals surface area contributed by atoms with Crippen LogP contribution in [-0.4, -0.2) is 25.2 Å². The van der Waals surface area contributed by atoms with E-state index in [9.17, 15) is 13.2 Å². The topological polar surface area (TPSA) is 3.24 Å². The third kappa shape index (κ3) is 2.46. The molecule has 4 heteroatoms. The average Bonchev–Trinajstić information content (AvgIpc) is 2.61. The first kappa shape index (κ1) is 12.4. The lowest BCUT2D eigenvalue weighted by Crippen LogP contribution is -2.33. The summed E-state index contributed by atoms with van der Waals surface area (Å²) in [5.41, 5.74) is 2.63. The Morgan fingerprint density at radius 2 is 1.76 bits per heavy atom. The predicted octanol–water partition coefficient (Wildman–Crippen LogP) is 3.34. The van der Waals surface area contributed by atoms with Gasteiger partial charge in [0, 0.05) is 0 Å². The normalized spacial score (nSPS) is 17.3. The zero-order valence-electron chi connectivity index (χ0n) is 10.0. The summed E-state index contributed by atoms with van der Waals surface area (Å²) in [6.07, 6.45) is -1.27. The van der Waals surface area contributed by atoms with Gasteiger partial charge in [-0.25, -0.2) is 0 Å². The van der Waals surface area contributed by atoms with E-state index >= 15 is 0 Å². The van der Waals surface area contributed by atoms with Crippen molar-refractivity contribution in [3.63, 3.8) is 0 Å². The molecule has 0 aromatic heterocycles. The van der Waals surface area contributed by atoms with Gasteiger partial charge in [0.1, 0.15) is 6.04 Å². The average molecular weight is 243 g/mol. The van der Waals surface area contributed by atoms with Crippen LogP contribution >= 0.6 is 0 Å². The molecule has 0 saturated heterocycles. The van der Waals surface area contributed by atoms with E-state index in [1.807, 2.05) is 6.07 Å². The molecule has 0 radical (unpaired) electrons. The van der Waals surface area contributed by atoms with Crippen molar-refractivity contribution in [1.29, 1.82) is 0 Å². The van der Waals surface area contributed by atoms with Crippen molar-refractivity contribution in [2.75, 3.05) is 14.1 Å². The van der Waals surface area contributed by atoms with Gasteiger partial charge in [0.05, 0.1) is 0 Å². The van der Waals surface area contributed by atoms with Crippen LogP contribution in [-0.2, 0) is 12.8 Å². The van der Waals surface area contributed by atoms with Crippen LogP contribution in [0.1, 0.15) is 29.2 Å². The molecule has 2 rings (SSSR count). The second-order valence-electron chi connectivity index (χ2n) is 4.79. The highest BCUT2D eigenvalue weighted by molar-refractivity contribution is 5.37. The fourth-order valence-electron chi connectivity index (χ4n) is 2.54. The van der Waals surface area contributed by atoms with Crippen molar-refractivity contribution >= 4 is 0 Å². The van der Waals surface area contributed by atoms with Crippen LogP contribution in [0.15, 0.2) is 18.2 Å². The molecule has 1 aromatic rings. The van der Waals surface area contributed by atoms with Gasteiger partial charge in [0.25, 0.3) is 0 Å². The van der Waals surface area contributed by atoms with E-state index < -0.39 is 12.2 Å². The van der Waals surface area contributed by atoms with Gasteiger partial charge in [-0.2, -0.15) is 13.2 Å². The highest BCUT2D eigenvalue weighted by Crippen LogP contribution is 2.37. The maximum Gasteiger partial charge on any atom is 0.408 e. The molecule has 1 aromatic carbocycles. The highest BCUT2D eigenvalue weighted by Gasteiger charge is 2.42. The Bertz CT molecular complexity index is 410. The first-order valence-electron chi connectivity index (χ1n) is 5.74. The molecule has 94 valence electrons. The van der Waals surface area contributed by atoms with Crippen molar-refractivity contribution in [1.82, 2.24) is 4.90 Å². The van der Waals surface area contributed by atoms with Crippen molar-refractivity contribution < 1.29 is 13.2 Å². The van der Waals surface area contributed by atoms with E-state index in [1.54, 1.807) is 12.1 Å². The van der Waals surface area contributed by atoms with Gasteiger partial charge in [-0.1, -0.05) is 18.2 Å². The minimum atomic E-state index is -4.23. The minimum absolute atomic E-state index is 0.350.